The van der Waals surface area contributed by atoms with E-state index in [0.717, 1.165) is 44.7 Å². The summed E-state index contributed by atoms with van der Waals surface area (Å²) < 4.78 is 0. The van der Waals surface area contributed by atoms with E-state index in [1.54, 1.807) is 12.1 Å². The van der Waals surface area contributed by atoms with Crippen LogP contribution in [0, 0.1) is 0 Å². The molecule has 3 N–H and O–H groups in total. The van der Waals surface area contributed by atoms with Crippen LogP contribution in [-0.4, -0.2) is 67.0 Å². The van der Waals surface area contributed by atoms with Crippen LogP contribution in [-0.2, 0) is 4.79 Å². The fourth-order valence-corrected chi connectivity index (χ4v) is 3.57. The van der Waals surface area contributed by atoms with Crippen LogP contribution >= 0.6 is 0 Å². The van der Waals surface area contributed by atoms with Gasteiger partial charge in [0.05, 0.1) is 11.5 Å². The third-order valence-corrected chi connectivity index (χ3v) is 5.18. The molecule has 2 saturated heterocycles. The van der Waals surface area contributed by atoms with Gasteiger partial charge in [0.15, 0.2) is 0 Å². The number of rotatable bonds is 6. The van der Waals surface area contributed by atoms with Crippen molar-refractivity contribution in [2.24, 2.45) is 5.73 Å². The minimum Gasteiger partial charge on any atom is -0.646 e. The van der Waals surface area contributed by atoms with E-state index in [9.17, 15) is 9.59 Å². The van der Waals surface area contributed by atoms with Crippen LogP contribution in [0.1, 0.15) is 29.6 Å². The van der Waals surface area contributed by atoms with Crippen molar-refractivity contribution in [1.82, 2.24) is 9.88 Å². The van der Waals surface area contributed by atoms with Crippen LogP contribution < -0.4 is 67.3 Å². The molecule has 0 saturated carbocycles. The molecule has 0 radical (unpaired) electrons. The van der Waals surface area contributed by atoms with Gasteiger partial charge in [0.25, 0.3) is 5.91 Å². The van der Waals surface area contributed by atoms with Gasteiger partial charge in [-0.2, -0.15) is 0 Å². The Hall–Kier alpha value is -0.974. The maximum Gasteiger partial charge on any atom is 1.00 e. The number of hydrogen-bond donors (Lipinski definition) is 2. The minimum absolute atomic E-state index is 0. The second-order valence-corrected chi connectivity index (χ2v) is 7.21. The molecular weight excluding hydrogens is 383 g/mol. The van der Waals surface area contributed by atoms with Gasteiger partial charge in [-0.25, -0.2) is 4.98 Å². The number of aromatic nitrogens is 1. The van der Waals surface area contributed by atoms with Gasteiger partial charge in [-0.1, -0.05) is 12.6 Å². The van der Waals surface area contributed by atoms with Crippen LogP contribution in [0.25, 0.3) is 5.32 Å². The van der Waals surface area contributed by atoms with E-state index in [4.69, 9.17) is 5.73 Å². The number of likely N-dealkylation sites (tertiary alicyclic amines) is 1. The molecule has 2 fully saturated rings. The van der Waals surface area contributed by atoms with Crippen LogP contribution in [0.5, 0.6) is 0 Å². The first-order valence-electron chi connectivity index (χ1n) is 9.34. The molecule has 1 aromatic rings. The Bertz CT molecular complexity index is 720. The van der Waals surface area contributed by atoms with Crippen LogP contribution in [0.4, 0.5) is 11.6 Å². The summed E-state index contributed by atoms with van der Waals surface area (Å²) in [6.07, 6.45) is 4.01. The number of nitrogens with two attached hydrogens (primary N) is 1. The number of carbonyl (C=O) groups excluding carboxylic acids is 2. The van der Waals surface area contributed by atoms with Crippen molar-refractivity contribution in [3.8, 4) is 0 Å². The zero-order chi connectivity index (χ0) is 19.4. The van der Waals surface area contributed by atoms with Crippen LogP contribution in [0.2, 0.25) is 0 Å². The van der Waals surface area contributed by atoms with Crippen molar-refractivity contribution >= 4 is 23.5 Å². The van der Waals surface area contributed by atoms with Crippen molar-refractivity contribution in [2.75, 3.05) is 43.4 Å². The minimum atomic E-state index is -0.490. The summed E-state index contributed by atoms with van der Waals surface area (Å²) in [5, 5.41) is 7.53. The van der Waals surface area contributed by atoms with E-state index in [0.29, 0.717) is 17.9 Å². The molecule has 1 aromatic heterocycles. The summed E-state index contributed by atoms with van der Waals surface area (Å²) in [5.74, 6) is 0.523. The van der Waals surface area contributed by atoms with E-state index in [-0.39, 0.29) is 69.4 Å². The SMILES string of the molecule is C=CC(=O)[N-][C@H]1CCN(c2ccc(C(N)=O)c(NC3CCN(C)CC3)n2)C1.[K+]. The first-order valence-corrected chi connectivity index (χ1v) is 9.34. The maximum atomic E-state index is 11.8. The van der Waals surface area contributed by atoms with Crippen molar-refractivity contribution in [3.05, 3.63) is 35.7 Å². The topological polar surface area (TPSA) is 106 Å². The smallest absolute Gasteiger partial charge is 0.646 e. The van der Waals surface area contributed by atoms with E-state index >= 15 is 0 Å². The van der Waals surface area contributed by atoms with Gasteiger partial charge in [-0.3, -0.25) is 4.79 Å². The molecule has 0 aromatic carbocycles. The zero-order valence-electron chi connectivity index (χ0n) is 16.7. The fourth-order valence-electron chi connectivity index (χ4n) is 3.57. The predicted octanol–water partition coefficient (Wildman–Crippen LogP) is -1.64. The average molecular weight is 411 g/mol. The summed E-state index contributed by atoms with van der Waals surface area (Å²) in [6, 6.07) is 3.74. The molecule has 8 nitrogen and oxygen atoms in total. The number of nitrogens with zero attached hydrogens (tertiary/aromatic N) is 4. The molecule has 2 amide bonds. The first-order chi connectivity index (χ1) is 13.0. The Morgan fingerprint density at radius 3 is 2.64 bits per heavy atom. The number of nitrogens with one attached hydrogen (secondary N) is 1. The van der Waals surface area contributed by atoms with Crippen molar-refractivity contribution in [3.63, 3.8) is 0 Å². The van der Waals surface area contributed by atoms with Gasteiger partial charge in [-0.05, 0) is 57.6 Å². The molecule has 0 bridgehead atoms. The third-order valence-electron chi connectivity index (χ3n) is 5.18. The molecule has 0 unspecified atom stereocenters. The second-order valence-electron chi connectivity index (χ2n) is 7.21. The van der Waals surface area contributed by atoms with E-state index in [2.05, 4.69) is 39.0 Å². The molecular formula is C19H27KN6O2. The maximum absolute atomic E-state index is 11.8. The standard InChI is InChI=1S/C19H28N6O2.K/c1-3-17(26)21-14-8-11-25(12-14)16-5-4-15(18(20)27)19(23-16)22-13-6-9-24(2)10-7-13;/h3-5,13-14H,1,6-12H2,2H3,(H4,20,21,22,23,26,27);/q;+1/p-1/t14-;/m0./s1. The molecule has 3 rings (SSSR count). The van der Waals surface area contributed by atoms with Gasteiger partial charge >= 0.3 is 51.4 Å². The van der Waals surface area contributed by atoms with Gasteiger partial charge < -0.3 is 31.0 Å². The largest absolute Gasteiger partial charge is 1.00 e. The van der Waals surface area contributed by atoms with Gasteiger partial charge in [0, 0.05) is 19.1 Å². The molecule has 0 spiro atoms. The fraction of sp³-hybridized carbons (Fsp3) is 0.526. The molecule has 28 heavy (non-hydrogen) atoms. The Morgan fingerprint density at radius 1 is 1.29 bits per heavy atom. The Morgan fingerprint density at radius 2 is 2.00 bits per heavy atom. The van der Waals surface area contributed by atoms with Gasteiger partial charge in [-0.15, -0.1) is 0 Å². The number of carbonyl (C=O) groups is 2. The normalized spacial score (nSPS) is 20.3. The summed E-state index contributed by atoms with van der Waals surface area (Å²) in [4.78, 5) is 32.3. The quantitative estimate of drug-likeness (QED) is 0.430. The number of amides is 2. The molecule has 3 heterocycles. The number of hydrogen-bond acceptors (Lipinski definition) is 6. The zero-order valence-corrected chi connectivity index (χ0v) is 19.8. The predicted molar refractivity (Wildman–Crippen MR) is 106 cm³/mol. The molecule has 9 heteroatoms. The van der Waals surface area contributed by atoms with Crippen molar-refractivity contribution in [1.29, 1.82) is 0 Å². The van der Waals surface area contributed by atoms with Crippen molar-refractivity contribution < 1.29 is 61.0 Å². The molecule has 146 valence electrons. The number of primary amides is 1. The molecule has 1 atom stereocenters. The van der Waals surface area contributed by atoms with Gasteiger partial charge in [0.1, 0.15) is 11.6 Å². The number of piperidine rings is 1. The van der Waals surface area contributed by atoms with Crippen LogP contribution in [0.3, 0.4) is 0 Å². The molecule has 0 aliphatic carbocycles. The van der Waals surface area contributed by atoms with E-state index < -0.39 is 5.91 Å². The third kappa shape index (κ3) is 6.01. The molecule has 2 aliphatic heterocycles. The summed E-state index contributed by atoms with van der Waals surface area (Å²) >= 11 is 0. The van der Waals surface area contributed by atoms with Crippen LogP contribution in [0.15, 0.2) is 24.8 Å². The van der Waals surface area contributed by atoms with Gasteiger partial charge in [0.2, 0.25) is 0 Å². The average Bonchev–Trinajstić information content (AvgIpc) is 3.11. The summed E-state index contributed by atoms with van der Waals surface area (Å²) in [6.45, 7) is 6.85. The van der Waals surface area contributed by atoms with Crippen molar-refractivity contribution in [2.45, 2.75) is 31.3 Å². The number of anilines is 2. The van der Waals surface area contributed by atoms with E-state index in [1.165, 1.54) is 6.08 Å². The Balaban J connectivity index is 0.00000280. The molecule has 2 aliphatic rings. The summed E-state index contributed by atoms with van der Waals surface area (Å²) in [5.41, 5.74) is 5.94. The Labute approximate surface area is 208 Å². The first kappa shape index (κ1) is 23.3. The summed E-state index contributed by atoms with van der Waals surface area (Å²) in [7, 11) is 2.11. The monoisotopic (exact) mass is 410 g/mol. The van der Waals surface area contributed by atoms with E-state index in [1.807, 2.05) is 0 Å². The Kier molecular flexibility index (Phi) is 8.91. The second kappa shape index (κ2) is 10.7. The number of pyridine rings is 1.